The van der Waals surface area contributed by atoms with Crippen molar-refractivity contribution in [1.29, 1.82) is 0 Å². The lowest BCUT2D eigenvalue weighted by Crippen LogP contribution is -2.55. The first-order valence-corrected chi connectivity index (χ1v) is 10.1. The number of carbonyl (C=O) groups is 2. The number of amides is 2. The molecular weight excluding hydrogens is 382 g/mol. The number of benzene rings is 2. The van der Waals surface area contributed by atoms with E-state index in [4.69, 9.17) is 9.47 Å². The fraction of sp³-hybridized carbons (Fsp3) is 0.304. The van der Waals surface area contributed by atoms with Crippen LogP contribution in [0.3, 0.4) is 0 Å². The van der Waals surface area contributed by atoms with Crippen LogP contribution in [0.15, 0.2) is 54.7 Å². The van der Waals surface area contributed by atoms with E-state index in [0.29, 0.717) is 43.2 Å². The summed E-state index contributed by atoms with van der Waals surface area (Å²) in [5, 5.41) is 0.954. The molecule has 0 saturated carbocycles. The zero-order valence-electron chi connectivity index (χ0n) is 16.8. The SMILES string of the molecule is Cn1cc(C(=O)N2CCN(C(=O)[C@H]3COc4ccccc4O3)CC2)c2ccccc21. The Morgan fingerprint density at radius 1 is 0.900 bits per heavy atom. The Hall–Kier alpha value is -3.48. The van der Waals surface area contributed by atoms with Crippen molar-refractivity contribution in [3.05, 3.63) is 60.3 Å². The Morgan fingerprint density at radius 3 is 2.37 bits per heavy atom. The number of hydrogen-bond acceptors (Lipinski definition) is 4. The molecule has 2 amide bonds. The fourth-order valence-corrected chi connectivity index (χ4v) is 4.16. The van der Waals surface area contributed by atoms with E-state index < -0.39 is 6.10 Å². The van der Waals surface area contributed by atoms with E-state index in [-0.39, 0.29) is 18.4 Å². The van der Waals surface area contributed by atoms with Gasteiger partial charge in [0, 0.05) is 50.3 Å². The lowest BCUT2D eigenvalue weighted by molar-refractivity contribution is -0.142. The topological polar surface area (TPSA) is 64.0 Å². The standard InChI is InChI=1S/C23H23N3O4/c1-24-14-17(16-6-2-3-7-18(16)24)22(27)25-10-12-26(13-11-25)23(28)21-15-29-19-8-4-5-9-20(19)30-21/h2-9,14,21H,10-13,15H2,1H3/t21-/m1/s1. The van der Waals surface area contributed by atoms with Crippen LogP contribution in [-0.2, 0) is 11.8 Å². The molecule has 1 aromatic heterocycles. The Labute approximate surface area is 174 Å². The van der Waals surface area contributed by atoms with Gasteiger partial charge in [0.25, 0.3) is 11.8 Å². The molecule has 0 radical (unpaired) electrons. The van der Waals surface area contributed by atoms with Crippen LogP contribution >= 0.6 is 0 Å². The molecule has 0 spiro atoms. The first-order chi connectivity index (χ1) is 14.6. The zero-order chi connectivity index (χ0) is 20.7. The van der Waals surface area contributed by atoms with E-state index in [1.54, 1.807) is 11.0 Å². The van der Waals surface area contributed by atoms with Gasteiger partial charge in [-0.05, 0) is 18.2 Å². The van der Waals surface area contributed by atoms with Crippen molar-refractivity contribution in [2.45, 2.75) is 6.10 Å². The van der Waals surface area contributed by atoms with Gasteiger partial charge < -0.3 is 23.8 Å². The van der Waals surface area contributed by atoms with Crippen LogP contribution < -0.4 is 9.47 Å². The molecule has 2 aliphatic rings. The summed E-state index contributed by atoms with van der Waals surface area (Å²) in [6.07, 6.45) is 1.23. The van der Waals surface area contributed by atoms with Crippen LogP contribution in [0, 0.1) is 0 Å². The molecular formula is C23H23N3O4. The lowest BCUT2D eigenvalue weighted by atomic mass is 10.1. The van der Waals surface area contributed by atoms with Crippen LogP contribution in [0.25, 0.3) is 10.9 Å². The van der Waals surface area contributed by atoms with Gasteiger partial charge in [-0.25, -0.2) is 0 Å². The summed E-state index contributed by atoms with van der Waals surface area (Å²) in [6, 6.07) is 15.2. The maximum Gasteiger partial charge on any atom is 0.267 e. The van der Waals surface area contributed by atoms with Gasteiger partial charge in [0.15, 0.2) is 11.5 Å². The maximum atomic E-state index is 13.1. The molecule has 0 aliphatic carbocycles. The van der Waals surface area contributed by atoms with Gasteiger partial charge in [-0.2, -0.15) is 0 Å². The van der Waals surface area contributed by atoms with Gasteiger partial charge in [-0.15, -0.1) is 0 Å². The minimum absolute atomic E-state index is 0.00470. The summed E-state index contributed by atoms with van der Waals surface area (Å²) >= 11 is 0. The van der Waals surface area contributed by atoms with E-state index in [1.807, 2.05) is 65.2 Å². The Bertz CT molecular complexity index is 1110. The predicted molar refractivity (Wildman–Crippen MR) is 112 cm³/mol. The van der Waals surface area contributed by atoms with Crippen LogP contribution in [0.2, 0.25) is 0 Å². The van der Waals surface area contributed by atoms with Crippen molar-refractivity contribution < 1.29 is 19.1 Å². The largest absolute Gasteiger partial charge is 0.485 e. The quantitative estimate of drug-likeness (QED) is 0.656. The van der Waals surface area contributed by atoms with Gasteiger partial charge in [0.1, 0.15) is 6.61 Å². The van der Waals surface area contributed by atoms with Gasteiger partial charge in [0.05, 0.1) is 5.56 Å². The first-order valence-electron chi connectivity index (χ1n) is 10.1. The Kier molecular flexibility index (Phi) is 4.58. The molecule has 0 unspecified atom stereocenters. The van der Waals surface area contributed by atoms with E-state index in [0.717, 1.165) is 10.9 Å². The smallest absolute Gasteiger partial charge is 0.267 e. The average molecular weight is 405 g/mol. The highest BCUT2D eigenvalue weighted by molar-refractivity contribution is 6.07. The van der Waals surface area contributed by atoms with Gasteiger partial charge in [-0.3, -0.25) is 9.59 Å². The molecule has 30 heavy (non-hydrogen) atoms. The summed E-state index contributed by atoms with van der Waals surface area (Å²) in [5.41, 5.74) is 1.73. The van der Waals surface area contributed by atoms with Crippen molar-refractivity contribution in [2.24, 2.45) is 7.05 Å². The van der Waals surface area contributed by atoms with E-state index in [2.05, 4.69) is 0 Å². The number of piperazine rings is 1. The Morgan fingerprint density at radius 2 is 1.57 bits per heavy atom. The number of fused-ring (bicyclic) bond motifs is 2. The molecule has 1 saturated heterocycles. The highest BCUT2D eigenvalue weighted by atomic mass is 16.6. The monoisotopic (exact) mass is 405 g/mol. The highest BCUT2D eigenvalue weighted by Crippen LogP contribution is 2.31. The minimum atomic E-state index is -0.653. The van der Waals surface area contributed by atoms with Crippen molar-refractivity contribution in [1.82, 2.24) is 14.4 Å². The number of rotatable bonds is 2. The Balaban J connectivity index is 1.24. The number of nitrogens with zero attached hydrogens (tertiary/aromatic N) is 3. The van der Waals surface area contributed by atoms with Crippen LogP contribution in [-0.4, -0.2) is 65.1 Å². The second-order valence-electron chi connectivity index (χ2n) is 7.65. The number of aromatic nitrogens is 1. The molecule has 0 bridgehead atoms. The maximum absolute atomic E-state index is 13.1. The lowest BCUT2D eigenvalue weighted by Gasteiger charge is -2.37. The van der Waals surface area contributed by atoms with E-state index >= 15 is 0 Å². The molecule has 1 atom stereocenters. The molecule has 2 aliphatic heterocycles. The third kappa shape index (κ3) is 3.16. The highest BCUT2D eigenvalue weighted by Gasteiger charge is 2.33. The fourth-order valence-electron chi connectivity index (χ4n) is 4.16. The number of carbonyl (C=O) groups excluding carboxylic acids is 2. The second kappa shape index (κ2) is 7.40. The molecule has 7 nitrogen and oxygen atoms in total. The van der Waals surface area contributed by atoms with Crippen molar-refractivity contribution in [3.63, 3.8) is 0 Å². The summed E-state index contributed by atoms with van der Waals surface area (Å²) in [5.74, 6) is 1.16. The van der Waals surface area contributed by atoms with E-state index in [1.165, 1.54) is 0 Å². The summed E-state index contributed by atoms with van der Waals surface area (Å²) in [7, 11) is 1.94. The number of para-hydroxylation sites is 3. The molecule has 3 heterocycles. The predicted octanol–water partition coefficient (Wildman–Crippen LogP) is 2.30. The van der Waals surface area contributed by atoms with Gasteiger partial charge in [0.2, 0.25) is 6.10 Å². The van der Waals surface area contributed by atoms with Gasteiger partial charge >= 0.3 is 0 Å². The van der Waals surface area contributed by atoms with Crippen molar-refractivity contribution in [3.8, 4) is 11.5 Å². The van der Waals surface area contributed by atoms with Crippen molar-refractivity contribution >= 4 is 22.7 Å². The van der Waals surface area contributed by atoms with Crippen LogP contribution in [0.5, 0.6) is 11.5 Å². The third-order valence-electron chi connectivity index (χ3n) is 5.79. The number of aryl methyl sites for hydroxylation is 1. The second-order valence-corrected chi connectivity index (χ2v) is 7.65. The molecule has 3 aromatic rings. The first kappa shape index (κ1) is 18.5. The molecule has 7 heteroatoms. The molecule has 0 N–H and O–H groups in total. The van der Waals surface area contributed by atoms with E-state index in [9.17, 15) is 9.59 Å². The van der Waals surface area contributed by atoms with Crippen LogP contribution in [0.4, 0.5) is 0 Å². The van der Waals surface area contributed by atoms with Gasteiger partial charge in [-0.1, -0.05) is 30.3 Å². The third-order valence-corrected chi connectivity index (χ3v) is 5.79. The normalized spacial score (nSPS) is 18.5. The average Bonchev–Trinajstić information content (AvgIpc) is 3.14. The van der Waals surface area contributed by atoms with Crippen molar-refractivity contribution in [2.75, 3.05) is 32.8 Å². The minimum Gasteiger partial charge on any atom is -0.485 e. The summed E-state index contributed by atoms with van der Waals surface area (Å²) < 4.78 is 13.5. The number of hydrogen-bond donors (Lipinski definition) is 0. The summed E-state index contributed by atoms with van der Waals surface area (Å²) in [4.78, 5) is 29.6. The molecule has 5 rings (SSSR count). The number of ether oxygens (including phenoxy) is 2. The van der Waals surface area contributed by atoms with Crippen LogP contribution in [0.1, 0.15) is 10.4 Å². The molecule has 154 valence electrons. The summed E-state index contributed by atoms with van der Waals surface area (Å²) in [6.45, 7) is 2.16. The molecule has 1 fully saturated rings. The molecule has 2 aromatic carbocycles. The zero-order valence-corrected chi connectivity index (χ0v) is 16.8.